The lowest BCUT2D eigenvalue weighted by Gasteiger charge is -2.32. The van der Waals surface area contributed by atoms with Gasteiger partial charge < -0.3 is 10.2 Å². The van der Waals surface area contributed by atoms with Gasteiger partial charge in [0.25, 0.3) is 0 Å². The van der Waals surface area contributed by atoms with Gasteiger partial charge in [-0.2, -0.15) is 0 Å². The van der Waals surface area contributed by atoms with Crippen LogP contribution in [0.5, 0.6) is 0 Å². The van der Waals surface area contributed by atoms with Crippen molar-refractivity contribution in [3.8, 4) is 23.7 Å². The molecule has 4 nitrogen and oxygen atoms in total. The fourth-order valence-electron chi connectivity index (χ4n) is 1.72. The highest BCUT2D eigenvalue weighted by atomic mass is 16.3. The molecule has 0 aliphatic carbocycles. The molecular formula is C14H22N2O2. The van der Waals surface area contributed by atoms with E-state index >= 15 is 0 Å². The number of hydrogen-bond donors (Lipinski definition) is 2. The van der Waals surface area contributed by atoms with E-state index in [0.29, 0.717) is 0 Å². The summed E-state index contributed by atoms with van der Waals surface area (Å²) in [5.74, 6) is 11.4. The van der Waals surface area contributed by atoms with E-state index < -0.39 is 12.2 Å². The molecule has 0 aromatic heterocycles. The molecule has 18 heavy (non-hydrogen) atoms. The zero-order valence-corrected chi connectivity index (χ0v) is 11.2. The maximum absolute atomic E-state index is 9.03. The molecule has 2 N–H and O–H groups in total. The first-order chi connectivity index (χ1) is 8.58. The van der Waals surface area contributed by atoms with Gasteiger partial charge in [0.1, 0.15) is 12.2 Å². The summed E-state index contributed by atoms with van der Waals surface area (Å²) in [6.07, 6.45) is -1.08. The van der Waals surface area contributed by atoms with Gasteiger partial charge in [0, 0.05) is 26.2 Å². The minimum absolute atomic E-state index is 0.540. The molecular weight excluding hydrogens is 228 g/mol. The minimum Gasteiger partial charge on any atom is -0.381 e. The lowest BCUT2D eigenvalue weighted by atomic mass is 10.3. The number of piperazine rings is 1. The van der Waals surface area contributed by atoms with Gasteiger partial charge in [-0.3, -0.25) is 9.80 Å². The number of aliphatic hydroxyl groups is 2. The van der Waals surface area contributed by atoms with E-state index in [9.17, 15) is 0 Å². The van der Waals surface area contributed by atoms with Gasteiger partial charge in [0.15, 0.2) is 0 Å². The molecule has 100 valence electrons. The second-order valence-electron chi connectivity index (χ2n) is 4.55. The number of hydrogen-bond acceptors (Lipinski definition) is 4. The van der Waals surface area contributed by atoms with Crippen LogP contribution in [0.3, 0.4) is 0 Å². The summed E-state index contributed by atoms with van der Waals surface area (Å²) in [4.78, 5) is 4.54. The summed E-state index contributed by atoms with van der Waals surface area (Å²) in [5.41, 5.74) is 0. The first kappa shape index (κ1) is 15.0. The Morgan fingerprint density at radius 2 is 1.17 bits per heavy atom. The van der Waals surface area contributed by atoms with Crippen molar-refractivity contribution in [2.45, 2.75) is 26.1 Å². The van der Waals surface area contributed by atoms with E-state index in [2.05, 4.69) is 33.5 Å². The molecule has 1 rings (SSSR count). The molecule has 1 aliphatic rings. The minimum atomic E-state index is -0.540. The molecule has 1 fully saturated rings. The van der Waals surface area contributed by atoms with E-state index in [4.69, 9.17) is 10.2 Å². The van der Waals surface area contributed by atoms with E-state index in [1.54, 1.807) is 13.8 Å². The SMILES string of the molecule is CC(O)C#CCN1CCN(CC#CC(C)O)CC1. The second-order valence-corrected chi connectivity index (χ2v) is 4.55. The first-order valence-electron chi connectivity index (χ1n) is 6.35. The standard InChI is InChI=1S/C14H22N2O2/c1-13(17)5-3-7-15-9-11-16(12-10-15)8-4-6-14(2)18/h13-14,17-18H,7-12H2,1-2H3. The Balaban J connectivity index is 2.22. The molecule has 2 atom stereocenters. The van der Waals surface area contributed by atoms with Crippen molar-refractivity contribution in [1.82, 2.24) is 9.80 Å². The van der Waals surface area contributed by atoms with Crippen LogP contribution >= 0.6 is 0 Å². The Kier molecular flexibility index (Phi) is 6.78. The highest BCUT2D eigenvalue weighted by Crippen LogP contribution is 2.00. The van der Waals surface area contributed by atoms with Gasteiger partial charge in [-0.25, -0.2) is 0 Å². The smallest absolute Gasteiger partial charge is 0.112 e. The van der Waals surface area contributed by atoms with Gasteiger partial charge >= 0.3 is 0 Å². The van der Waals surface area contributed by atoms with E-state index in [1.165, 1.54) is 0 Å². The Morgan fingerprint density at radius 3 is 1.44 bits per heavy atom. The van der Waals surface area contributed by atoms with Crippen LogP contribution in [0.4, 0.5) is 0 Å². The monoisotopic (exact) mass is 250 g/mol. The van der Waals surface area contributed by atoms with Crippen LogP contribution in [-0.2, 0) is 0 Å². The van der Waals surface area contributed by atoms with Crippen molar-refractivity contribution in [3.05, 3.63) is 0 Å². The van der Waals surface area contributed by atoms with E-state index in [-0.39, 0.29) is 0 Å². The topological polar surface area (TPSA) is 46.9 Å². The van der Waals surface area contributed by atoms with E-state index in [0.717, 1.165) is 39.3 Å². The molecule has 2 unspecified atom stereocenters. The predicted molar refractivity (Wildman–Crippen MR) is 71.8 cm³/mol. The zero-order chi connectivity index (χ0) is 13.4. The van der Waals surface area contributed by atoms with Gasteiger partial charge in [-0.05, 0) is 13.8 Å². The molecule has 4 heteroatoms. The van der Waals surface area contributed by atoms with Crippen molar-refractivity contribution in [2.24, 2.45) is 0 Å². The average molecular weight is 250 g/mol. The quantitative estimate of drug-likeness (QED) is 0.641. The molecule has 0 spiro atoms. The third-order valence-electron chi connectivity index (χ3n) is 2.69. The molecule has 0 aromatic rings. The summed E-state index contributed by atoms with van der Waals surface area (Å²) in [5, 5.41) is 18.1. The molecule has 1 saturated heterocycles. The van der Waals surface area contributed by atoms with Crippen molar-refractivity contribution in [3.63, 3.8) is 0 Å². The number of rotatable bonds is 2. The summed E-state index contributed by atoms with van der Waals surface area (Å²) in [7, 11) is 0. The second kappa shape index (κ2) is 8.13. The molecule has 1 heterocycles. The average Bonchev–Trinajstić information content (AvgIpc) is 2.30. The normalized spacial score (nSPS) is 20.2. The van der Waals surface area contributed by atoms with Crippen LogP contribution in [0.15, 0.2) is 0 Å². The molecule has 0 aromatic carbocycles. The highest BCUT2D eigenvalue weighted by molar-refractivity contribution is 5.06. The summed E-state index contributed by atoms with van der Waals surface area (Å²) >= 11 is 0. The van der Waals surface area contributed by atoms with Crippen molar-refractivity contribution in [1.29, 1.82) is 0 Å². The Bertz CT molecular complexity index is 313. The summed E-state index contributed by atoms with van der Waals surface area (Å²) in [6.45, 7) is 8.69. The molecule has 0 amide bonds. The lowest BCUT2D eigenvalue weighted by Crippen LogP contribution is -2.46. The lowest BCUT2D eigenvalue weighted by molar-refractivity contribution is 0.157. The Hall–Kier alpha value is -1.04. The number of aliphatic hydroxyl groups excluding tert-OH is 2. The van der Waals surface area contributed by atoms with Gasteiger partial charge in [0.2, 0.25) is 0 Å². The fourth-order valence-corrected chi connectivity index (χ4v) is 1.72. The Labute approximate surface area is 110 Å². The molecule has 0 saturated carbocycles. The summed E-state index contributed by atoms with van der Waals surface area (Å²) in [6, 6.07) is 0. The van der Waals surface area contributed by atoms with Crippen LogP contribution in [0.1, 0.15) is 13.8 Å². The van der Waals surface area contributed by atoms with E-state index in [1.807, 2.05) is 0 Å². The third kappa shape index (κ3) is 6.64. The zero-order valence-electron chi connectivity index (χ0n) is 11.2. The van der Waals surface area contributed by atoms with Crippen LogP contribution in [0.2, 0.25) is 0 Å². The van der Waals surface area contributed by atoms with Gasteiger partial charge in [-0.15, -0.1) is 0 Å². The summed E-state index contributed by atoms with van der Waals surface area (Å²) < 4.78 is 0. The first-order valence-corrected chi connectivity index (χ1v) is 6.35. The van der Waals surface area contributed by atoms with Gasteiger partial charge in [0.05, 0.1) is 13.1 Å². The number of nitrogens with zero attached hydrogens (tertiary/aromatic N) is 2. The van der Waals surface area contributed by atoms with Crippen molar-refractivity contribution < 1.29 is 10.2 Å². The largest absolute Gasteiger partial charge is 0.381 e. The predicted octanol–water partition coefficient (Wildman–Crippen LogP) is -0.628. The van der Waals surface area contributed by atoms with Crippen LogP contribution in [-0.4, -0.2) is 71.5 Å². The van der Waals surface area contributed by atoms with Crippen molar-refractivity contribution >= 4 is 0 Å². The van der Waals surface area contributed by atoms with Crippen LogP contribution in [0.25, 0.3) is 0 Å². The van der Waals surface area contributed by atoms with Gasteiger partial charge in [-0.1, -0.05) is 23.7 Å². The maximum atomic E-state index is 9.03. The Morgan fingerprint density at radius 1 is 0.833 bits per heavy atom. The van der Waals surface area contributed by atoms with Crippen LogP contribution in [0, 0.1) is 23.7 Å². The molecule has 0 bridgehead atoms. The van der Waals surface area contributed by atoms with Crippen molar-refractivity contribution in [2.75, 3.05) is 39.3 Å². The fraction of sp³-hybridized carbons (Fsp3) is 0.714. The third-order valence-corrected chi connectivity index (χ3v) is 2.69. The molecule has 0 radical (unpaired) electrons. The maximum Gasteiger partial charge on any atom is 0.112 e. The highest BCUT2D eigenvalue weighted by Gasteiger charge is 2.14. The molecule has 1 aliphatic heterocycles. The van der Waals surface area contributed by atoms with Crippen LogP contribution < -0.4 is 0 Å².